The van der Waals surface area contributed by atoms with Gasteiger partial charge < -0.3 is 34.0 Å². The lowest BCUT2D eigenvalue weighted by atomic mass is 10.3. The van der Waals surface area contributed by atoms with Gasteiger partial charge in [-0.05, 0) is 60.5 Å². The van der Waals surface area contributed by atoms with Gasteiger partial charge in [0.05, 0.1) is 42.1 Å². The van der Waals surface area contributed by atoms with Gasteiger partial charge in [-0.15, -0.1) is 0 Å². The Labute approximate surface area is 382 Å². The molecule has 0 amide bonds. The van der Waals surface area contributed by atoms with Crippen LogP contribution in [0, 0.1) is 0 Å². The van der Waals surface area contributed by atoms with Crippen molar-refractivity contribution in [2.75, 3.05) is 46.8 Å². The molecule has 6 aromatic rings. The molecule has 0 fully saturated rings. The molecule has 9 nitrogen and oxygen atoms in total. The first-order chi connectivity index (χ1) is 27.4. The average Bonchev–Trinajstić information content (AvgIpc) is 3.27. The number of benzene rings is 3. The number of hydrazone groups is 3. The van der Waals surface area contributed by atoms with Crippen molar-refractivity contribution in [1.82, 2.24) is 4.98 Å². The summed E-state index contributed by atoms with van der Waals surface area (Å²) in [5.74, 6) is 0. The quantitative estimate of drug-likeness (QED) is 0.0688. The fraction of sp³-hybridized carbons (Fsp3) is 0.200. The van der Waals surface area contributed by atoms with Gasteiger partial charge in [-0.1, -0.05) is 86.5 Å². The smallest absolute Gasteiger partial charge is 0.169 e. The van der Waals surface area contributed by atoms with Crippen molar-refractivity contribution >= 4 is 67.6 Å². The molecule has 6 rings (SSSR count). The van der Waals surface area contributed by atoms with Crippen molar-refractivity contribution in [3.8, 4) is 0 Å². The van der Waals surface area contributed by atoms with E-state index in [0.717, 1.165) is 63.9 Å². The summed E-state index contributed by atoms with van der Waals surface area (Å²) < 4.78 is 4.42. The van der Waals surface area contributed by atoms with Gasteiger partial charge in [-0.25, -0.2) is 9.13 Å². The Bertz CT molecular complexity index is 1900. The second kappa shape index (κ2) is 29.6. The molecule has 0 aliphatic heterocycles. The molecule has 3 aromatic carbocycles. The Morgan fingerprint density at radius 1 is 0.466 bits per heavy atom. The molecule has 0 aliphatic rings. The normalized spacial score (nSPS) is 10.4. The number of halogens is 4. The number of anilines is 3. The summed E-state index contributed by atoms with van der Waals surface area (Å²) in [7, 11) is 5.83. The molecule has 0 unspecified atom stereocenters. The van der Waals surface area contributed by atoms with E-state index in [1.165, 1.54) is 6.42 Å². The summed E-state index contributed by atoms with van der Waals surface area (Å²) in [5.41, 5.74) is 6.38. The van der Waals surface area contributed by atoms with Crippen LogP contribution < -0.4 is 58.1 Å². The second-order valence-corrected chi connectivity index (χ2v) is 14.0. The minimum absolute atomic E-state index is 0. The number of pyridine rings is 3. The number of para-hydroxylation sites is 3. The zero-order valence-electron chi connectivity index (χ0n) is 33.1. The van der Waals surface area contributed by atoms with E-state index < -0.39 is 0 Å². The summed E-state index contributed by atoms with van der Waals surface area (Å²) >= 11 is 6.56. The fourth-order valence-corrected chi connectivity index (χ4v) is 6.25. The average molecular weight is 1040 g/mol. The first-order valence-corrected chi connectivity index (χ1v) is 20.7. The molecule has 13 heteroatoms. The number of aryl methyl sites for hydroxylation is 2. The highest BCUT2D eigenvalue weighted by atomic mass is 79.9. The Kier molecular flexibility index (Phi) is 25.3. The van der Waals surface area contributed by atoms with E-state index in [1.54, 1.807) is 12.4 Å². The van der Waals surface area contributed by atoms with Crippen LogP contribution in [0.1, 0.15) is 29.5 Å². The van der Waals surface area contributed by atoms with E-state index in [1.807, 2.05) is 158 Å². The highest BCUT2D eigenvalue weighted by Gasteiger charge is 2.06. The molecule has 58 heavy (non-hydrogen) atoms. The van der Waals surface area contributed by atoms with Crippen LogP contribution in [-0.4, -0.2) is 55.4 Å². The zero-order chi connectivity index (χ0) is 39.6. The predicted octanol–water partition coefficient (Wildman–Crippen LogP) is 3.02. The summed E-state index contributed by atoms with van der Waals surface area (Å²) in [5, 5.41) is 21.2. The summed E-state index contributed by atoms with van der Waals surface area (Å²) in [6.45, 7) is 1.92. The van der Waals surface area contributed by atoms with Gasteiger partial charge in [-0.2, -0.15) is 15.3 Å². The topological polar surface area (TPSA) is 67.5 Å². The third kappa shape index (κ3) is 19.3. The van der Waals surface area contributed by atoms with Gasteiger partial charge in [0.2, 0.25) is 0 Å². The second-order valence-electron chi connectivity index (χ2n) is 12.4. The van der Waals surface area contributed by atoms with Crippen molar-refractivity contribution in [1.29, 1.82) is 0 Å². The highest BCUT2D eigenvalue weighted by Crippen LogP contribution is 2.13. The van der Waals surface area contributed by atoms with Crippen molar-refractivity contribution in [2.24, 2.45) is 15.3 Å². The minimum Gasteiger partial charge on any atom is -1.00 e. The lowest BCUT2D eigenvalue weighted by molar-refractivity contribution is -0.726. The molecule has 0 bridgehead atoms. The molecule has 3 heterocycles. The summed E-state index contributed by atoms with van der Waals surface area (Å²) in [6.07, 6.45) is 19.8. The molecular weight excluding hydrogens is 986 g/mol. The number of nitrogens with zero attached hydrogens (tertiary/aromatic N) is 9. The van der Waals surface area contributed by atoms with Crippen LogP contribution >= 0.6 is 31.9 Å². The largest absolute Gasteiger partial charge is 1.00 e. The maximum atomic E-state index is 4.53. The molecule has 0 atom stereocenters. The summed E-state index contributed by atoms with van der Waals surface area (Å²) in [6, 6.07) is 42.5. The van der Waals surface area contributed by atoms with E-state index >= 15 is 0 Å². The van der Waals surface area contributed by atoms with Crippen LogP contribution in [0.25, 0.3) is 0 Å². The van der Waals surface area contributed by atoms with Crippen LogP contribution in [0.5, 0.6) is 0 Å². The van der Waals surface area contributed by atoms with Gasteiger partial charge in [0.1, 0.15) is 0 Å². The third-order valence-corrected chi connectivity index (χ3v) is 9.29. The molecule has 0 saturated carbocycles. The van der Waals surface area contributed by atoms with Crippen molar-refractivity contribution in [3.63, 3.8) is 0 Å². The molecule has 0 N–H and O–H groups in total. The fourth-order valence-electron chi connectivity index (χ4n) is 4.93. The monoisotopic (exact) mass is 1030 g/mol. The molecule has 3 aromatic heterocycles. The van der Waals surface area contributed by atoms with Gasteiger partial charge in [0.15, 0.2) is 37.9 Å². The Balaban J connectivity index is 0.000000419. The molecule has 0 spiro atoms. The van der Waals surface area contributed by atoms with Crippen LogP contribution in [-0.2, 0) is 13.1 Å². The maximum absolute atomic E-state index is 4.53. The van der Waals surface area contributed by atoms with E-state index in [9.17, 15) is 0 Å². The predicted molar refractivity (Wildman–Crippen MR) is 242 cm³/mol. The molecule has 0 radical (unpaired) electrons. The van der Waals surface area contributed by atoms with Crippen LogP contribution in [0.15, 0.2) is 180 Å². The van der Waals surface area contributed by atoms with Crippen LogP contribution in [0.2, 0.25) is 0 Å². The molecule has 0 saturated heterocycles. The Morgan fingerprint density at radius 3 is 1.07 bits per heavy atom. The summed E-state index contributed by atoms with van der Waals surface area (Å²) in [4.78, 5) is 3.96. The van der Waals surface area contributed by atoms with Crippen molar-refractivity contribution in [3.05, 3.63) is 181 Å². The minimum atomic E-state index is 0. The van der Waals surface area contributed by atoms with E-state index in [4.69, 9.17) is 0 Å². The van der Waals surface area contributed by atoms with Gasteiger partial charge in [-0.3, -0.25) is 20.0 Å². The first kappa shape index (κ1) is 49.6. The molecule has 304 valence electrons. The van der Waals surface area contributed by atoms with Gasteiger partial charge in [0.25, 0.3) is 0 Å². The van der Waals surface area contributed by atoms with Gasteiger partial charge >= 0.3 is 0 Å². The highest BCUT2D eigenvalue weighted by molar-refractivity contribution is 9.09. The Morgan fingerprint density at radius 2 is 0.776 bits per heavy atom. The van der Waals surface area contributed by atoms with Gasteiger partial charge in [0, 0.05) is 79.6 Å². The molecular formula is C45H51Br4N9. The third-order valence-electron chi connectivity index (χ3n) is 8.17. The number of hydrogen-bond donors (Lipinski definition) is 0. The maximum Gasteiger partial charge on any atom is 0.169 e. The zero-order valence-corrected chi connectivity index (χ0v) is 39.4. The number of alkyl halides is 2. The van der Waals surface area contributed by atoms with E-state index in [0.29, 0.717) is 0 Å². The lowest BCUT2D eigenvalue weighted by Gasteiger charge is -2.11. The lowest BCUT2D eigenvalue weighted by Crippen LogP contribution is -3.00. The van der Waals surface area contributed by atoms with Crippen molar-refractivity contribution in [2.45, 2.75) is 25.9 Å². The number of rotatable bonds is 15. The van der Waals surface area contributed by atoms with Crippen LogP contribution in [0.3, 0.4) is 0 Å². The SMILES string of the molecule is BrCCCBr.CN(/N=C/c1cc[n+](CCC[n+]2ccc(/C=N/N(C)c3ccccc3)cc2)cc1)c1ccccc1.CN(/N=C/c1ccncc1)c1ccccc1.[Br-].[Br-]. The first-order valence-electron chi connectivity index (χ1n) is 18.4. The number of hydrogen-bond acceptors (Lipinski definition) is 7. The van der Waals surface area contributed by atoms with E-state index in [-0.39, 0.29) is 34.0 Å². The van der Waals surface area contributed by atoms with Crippen LogP contribution in [0.4, 0.5) is 17.1 Å². The standard InChI is InChI=1S/C29H32N6.C13H13N3.C3H6Br2.2BrH/c1-32(28-10-5-3-6-11-28)30-24-26-14-20-34(21-15-26)18-9-19-35-22-16-27(17-23-35)25-31-33(2)29-12-7-4-8-13-29;1-16(13-5-3-2-4-6-13)15-11-12-7-9-14-10-8-12;4-2-1-3-5;;/h3-8,10-17,20-25H,9,18-19H2,1-2H3;2-11H,1H3;1-3H2;2*1H/q+2;;;;/p-2/b;15-11+;;;. The Hall–Kier alpha value is -4.56. The van der Waals surface area contributed by atoms with E-state index in [2.05, 4.69) is 110 Å². The molecule has 0 aliphatic carbocycles. The number of aromatic nitrogens is 3. The van der Waals surface area contributed by atoms with Crippen molar-refractivity contribution < 1.29 is 43.1 Å².